The Morgan fingerprint density at radius 2 is 1.48 bits per heavy atom. The summed E-state index contributed by atoms with van der Waals surface area (Å²) in [6.45, 7) is 0. The highest BCUT2D eigenvalue weighted by atomic mass is 79.9. The van der Waals surface area contributed by atoms with Crippen molar-refractivity contribution in [3.63, 3.8) is 0 Å². The van der Waals surface area contributed by atoms with Crippen LogP contribution in [-0.2, 0) is 7.59 Å². The number of aromatic nitrogens is 3. The van der Waals surface area contributed by atoms with Crippen LogP contribution in [0.4, 0.5) is 0 Å². The van der Waals surface area contributed by atoms with Crippen molar-refractivity contribution in [1.29, 1.82) is 0 Å². The predicted molar refractivity (Wildman–Crippen MR) is 108 cm³/mol. The topological polar surface area (TPSA) is 47.9 Å². The zero-order chi connectivity index (χ0) is 18.8. The third kappa shape index (κ3) is 5.99. The average molecular weight is 527 g/mol. The lowest BCUT2D eigenvalue weighted by Gasteiger charge is -2.14. The third-order valence-electron chi connectivity index (χ3n) is 2.76. The minimum absolute atomic E-state index is 0.149. The van der Waals surface area contributed by atoms with Crippen molar-refractivity contribution in [2.75, 3.05) is 7.11 Å². The lowest BCUT2D eigenvalue weighted by atomic mass is 10.2. The fourth-order valence-corrected chi connectivity index (χ4v) is 2.74. The van der Waals surface area contributed by atoms with Crippen LogP contribution in [0, 0.1) is 0 Å². The largest absolute Gasteiger partial charge is 0.496 e. The molecule has 0 aliphatic rings. The second-order valence-corrected chi connectivity index (χ2v) is 9.98. The molecule has 0 saturated heterocycles. The molecule has 0 atom stereocenters. The van der Waals surface area contributed by atoms with Crippen LogP contribution in [0.1, 0.15) is 23.0 Å². The minimum Gasteiger partial charge on any atom is -0.496 e. The van der Waals surface area contributed by atoms with E-state index in [2.05, 4.69) is 30.9 Å². The smallest absolute Gasteiger partial charge is 0.250 e. The quantitative estimate of drug-likeness (QED) is 0.430. The summed E-state index contributed by atoms with van der Waals surface area (Å²) in [7, 11) is 1.58. The van der Waals surface area contributed by atoms with Gasteiger partial charge in [-0.2, -0.15) is 0 Å². The molecule has 0 fully saturated rings. The second-order valence-electron chi connectivity index (χ2n) is 4.56. The van der Waals surface area contributed by atoms with Crippen molar-refractivity contribution < 1.29 is 4.74 Å². The SMILES string of the molecule is COc1ccc(/C=C/c2nc(C(Cl)(Cl)Cl)nc(C(Cl)(Cl)Cl)n2)cc1Br. The van der Waals surface area contributed by atoms with Crippen molar-refractivity contribution in [2.45, 2.75) is 7.59 Å². The van der Waals surface area contributed by atoms with Crippen molar-refractivity contribution in [3.05, 3.63) is 45.7 Å². The first-order valence-corrected chi connectivity index (χ1v) is 9.49. The molecule has 11 heteroatoms. The molecule has 1 aromatic carbocycles. The molecule has 1 aromatic heterocycles. The maximum absolute atomic E-state index is 5.83. The van der Waals surface area contributed by atoms with Crippen LogP contribution < -0.4 is 4.74 Å². The van der Waals surface area contributed by atoms with Crippen LogP contribution in [0.5, 0.6) is 5.75 Å². The third-order valence-corrected chi connectivity index (χ3v) is 4.39. The van der Waals surface area contributed by atoms with E-state index in [1.54, 1.807) is 25.3 Å². The molecule has 0 aliphatic heterocycles. The maximum atomic E-state index is 5.83. The molecule has 0 amide bonds. The van der Waals surface area contributed by atoms with Gasteiger partial charge in [0.25, 0.3) is 0 Å². The summed E-state index contributed by atoms with van der Waals surface area (Å²) in [4.78, 5) is 12.0. The summed E-state index contributed by atoms with van der Waals surface area (Å²) in [5.41, 5.74) is 0.846. The van der Waals surface area contributed by atoms with Crippen LogP contribution in [0.3, 0.4) is 0 Å². The number of methoxy groups -OCH3 is 1. The molecule has 0 bridgehead atoms. The summed E-state index contributed by atoms with van der Waals surface area (Å²) >= 11 is 38.4. The Kier molecular flexibility index (Phi) is 7.10. The molecule has 2 aromatic rings. The molecule has 0 N–H and O–H groups in total. The highest BCUT2D eigenvalue weighted by molar-refractivity contribution is 9.10. The summed E-state index contributed by atoms with van der Waals surface area (Å²) in [5.74, 6) is 0.577. The first-order chi connectivity index (χ1) is 11.5. The Morgan fingerprint density at radius 1 is 0.920 bits per heavy atom. The molecule has 0 aliphatic carbocycles. The molecular formula is C14H8BrCl6N3O. The molecular weight excluding hydrogens is 519 g/mol. The van der Waals surface area contributed by atoms with E-state index in [4.69, 9.17) is 74.3 Å². The lowest BCUT2D eigenvalue weighted by molar-refractivity contribution is 0.412. The predicted octanol–water partition coefficient (Wildman–Crippen LogP) is 6.47. The van der Waals surface area contributed by atoms with E-state index in [1.807, 2.05) is 12.1 Å². The van der Waals surface area contributed by atoms with Crippen molar-refractivity contribution in [1.82, 2.24) is 15.0 Å². The molecule has 134 valence electrons. The van der Waals surface area contributed by atoms with E-state index >= 15 is 0 Å². The van der Waals surface area contributed by atoms with E-state index in [-0.39, 0.29) is 17.5 Å². The molecule has 0 spiro atoms. The van der Waals surface area contributed by atoms with Crippen molar-refractivity contribution >= 4 is 97.7 Å². The summed E-state index contributed by atoms with van der Waals surface area (Å²) in [6, 6.07) is 5.49. The number of halogens is 7. The second kappa shape index (κ2) is 8.34. The van der Waals surface area contributed by atoms with Gasteiger partial charge in [-0.05, 0) is 39.7 Å². The zero-order valence-corrected chi connectivity index (χ0v) is 18.4. The van der Waals surface area contributed by atoms with Crippen LogP contribution in [0.15, 0.2) is 22.7 Å². The molecule has 2 rings (SSSR count). The summed E-state index contributed by atoms with van der Waals surface area (Å²) in [5, 5.41) is 0. The molecule has 0 saturated carbocycles. The van der Waals surface area contributed by atoms with Crippen molar-refractivity contribution in [2.24, 2.45) is 0 Å². The Balaban J connectivity index is 2.43. The van der Waals surface area contributed by atoms with Gasteiger partial charge in [-0.15, -0.1) is 0 Å². The molecule has 0 unspecified atom stereocenters. The number of alkyl halides is 6. The van der Waals surface area contributed by atoms with Crippen LogP contribution >= 0.6 is 85.5 Å². The Bertz CT molecular complexity index is 772. The number of nitrogens with zero attached hydrogens (tertiary/aromatic N) is 3. The first kappa shape index (κ1) is 21.3. The van der Waals surface area contributed by atoms with Gasteiger partial charge in [0.15, 0.2) is 17.5 Å². The van der Waals surface area contributed by atoms with E-state index in [0.29, 0.717) is 5.75 Å². The van der Waals surface area contributed by atoms with Gasteiger partial charge in [-0.1, -0.05) is 81.7 Å². The molecule has 25 heavy (non-hydrogen) atoms. The van der Waals surface area contributed by atoms with Gasteiger partial charge in [0.1, 0.15) is 5.75 Å². The highest BCUT2D eigenvalue weighted by Crippen LogP contribution is 2.40. The van der Waals surface area contributed by atoms with E-state index in [1.165, 1.54) is 0 Å². The van der Waals surface area contributed by atoms with Crippen LogP contribution in [0.25, 0.3) is 12.2 Å². The molecule has 0 radical (unpaired) electrons. The number of benzene rings is 1. The van der Waals surface area contributed by atoms with Gasteiger partial charge in [-0.3, -0.25) is 0 Å². The zero-order valence-electron chi connectivity index (χ0n) is 12.3. The molecule has 4 nitrogen and oxygen atoms in total. The Hall–Kier alpha value is -0.01000. The standard InChI is InChI=1S/C14H8BrCl6N3O/c1-25-9-4-2-7(6-8(9)15)3-5-10-22-11(13(16,17)18)24-12(23-10)14(19,20)21/h2-6H,1H3/b5-3+. The fraction of sp³-hybridized carbons (Fsp3) is 0.214. The Labute approximate surface area is 182 Å². The fourth-order valence-electron chi connectivity index (χ4n) is 1.68. The lowest BCUT2D eigenvalue weighted by Crippen LogP contribution is -2.16. The van der Waals surface area contributed by atoms with Gasteiger partial charge in [0, 0.05) is 0 Å². The number of hydrogen-bond acceptors (Lipinski definition) is 4. The van der Waals surface area contributed by atoms with E-state index < -0.39 is 7.59 Å². The van der Waals surface area contributed by atoms with Crippen molar-refractivity contribution in [3.8, 4) is 5.75 Å². The molecule has 1 heterocycles. The van der Waals surface area contributed by atoms with Crippen LogP contribution in [-0.4, -0.2) is 22.1 Å². The minimum atomic E-state index is -1.89. The van der Waals surface area contributed by atoms with Crippen LogP contribution in [0.2, 0.25) is 0 Å². The summed E-state index contributed by atoms with van der Waals surface area (Å²) < 4.78 is 2.19. The Morgan fingerprint density at radius 3 is 1.92 bits per heavy atom. The highest BCUT2D eigenvalue weighted by Gasteiger charge is 2.33. The maximum Gasteiger partial charge on any atom is 0.250 e. The number of rotatable bonds is 3. The number of ether oxygens (including phenoxy) is 1. The summed E-state index contributed by atoms with van der Waals surface area (Å²) in [6.07, 6.45) is 3.32. The van der Waals surface area contributed by atoms with Gasteiger partial charge in [-0.25, -0.2) is 15.0 Å². The average Bonchev–Trinajstić information content (AvgIpc) is 2.51. The normalized spacial score (nSPS) is 12.6. The van der Waals surface area contributed by atoms with Gasteiger partial charge in [0.2, 0.25) is 7.59 Å². The van der Waals surface area contributed by atoms with Gasteiger partial charge in [0.05, 0.1) is 11.6 Å². The monoisotopic (exact) mass is 523 g/mol. The first-order valence-electron chi connectivity index (χ1n) is 6.43. The van der Waals surface area contributed by atoms with E-state index in [0.717, 1.165) is 10.0 Å². The number of hydrogen-bond donors (Lipinski definition) is 0. The van der Waals surface area contributed by atoms with E-state index in [9.17, 15) is 0 Å². The van der Waals surface area contributed by atoms with Gasteiger partial charge >= 0.3 is 0 Å². The van der Waals surface area contributed by atoms with Gasteiger partial charge < -0.3 is 4.74 Å².